The predicted molar refractivity (Wildman–Crippen MR) is 91.6 cm³/mol. The SMILES string of the molecule is C[C@H]1CCCC[C@H]1NC(=S)N=Nc1c(O)[nH]c2ccccc12. The van der Waals surface area contributed by atoms with Crippen LogP contribution in [0.2, 0.25) is 0 Å². The molecular formula is C16H20N4OS. The Morgan fingerprint density at radius 2 is 2.09 bits per heavy atom. The molecule has 0 radical (unpaired) electrons. The van der Waals surface area contributed by atoms with E-state index in [0.29, 0.717) is 22.8 Å². The maximum atomic E-state index is 9.94. The molecule has 1 aromatic carbocycles. The number of rotatable bonds is 2. The minimum absolute atomic E-state index is 0.0128. The highest BCUT2D eigenvalue weighted by atomic mass is 32.1. The Bertz CT molecular complexity index is 709. The lowest BCUT2D eigenvalue weighted by molar-refractivity contribution is 0.309. The van der Waals surface area contributed by atoms with Crippen molar-refractivity contribution in [1.82, 2.24) is 10.3 Å². The van der Waals surface area contributed by atoms with E-state index in [1.54, 1.807) is 0 Å². The van der Waals surface area contributed by atoms with Crippen LogP contribution in [0, 0.1) is 5.92 Å². The molecule has 116 valence electrons. The van der Waals surface area contributed by atoms with Crippen molar-refractivity contribution in [1.29, 1.82) is 0 Å². The zero-order valence-electron chi connectivity index (χ0n) is 12.5. The van der Waals surface area contributed by atoms with Gasteiger partial charge in [-0.05, 0) is 37.0 Å². The van der Waals surface area contributed by atoms with E-state index in [0.717, 1.165) is 17.3 Å². The van der Waals surface area contributed by atoms with Gasteiger partial charge in [0.25, 0.3) is 0 Å². The summed E-state index contributed by atoms with van der Waals surface area (Å²) in [5.74, 6) is 0.613. The zero-order chi connectivity index (χ0) is 15.5. The molecular weight excluding hydrogens is 296 g/mol. The van der Waals surface area contributed by atoms with Crippen LogP contribution < -0.4 is 5.32 Å². The summed E-state index contributed by atoms with van der Waals surface area (Å²) in [5, 5.41) is 22.6. The van der Waals surface area contributed by atoms with Gasteiger partial charge in [-0.1, -0.05) is 38.0 Å². The second kappa shape index (κ2) is 6.44. The van der Waals surface area contributed by atoms with Crippen molar-refractivity contribution < 1.29 is 5.11 Å². The Morgan fingerprint density at radius 1 is 1.32 bits per heavy atom. The first-order chi connectivity index (χ1) is 10.6. The van der Waals surface area contributed by atoms with Crippen LogP contribution in [0.3, 0.4) is 0 Å². The molecule has 5 nitrogen and oxygen atoms in total. The fourth-order valence-electron chi connectivity index (χ4n) is 3.03. The van der Waals surface area contributed by atoms with Crippen LogP contribution in [0.15, 0.2) is 34.5 Å². The van der Waals surface area contributed by atoms with Crippen LogP contribution >= 0.6 is 12.2 Å². The molecule has 22 heavy (non-hydrogen) atoms. The van der Waals surface area contributed by atoms with E-state index < -0.39 is 0 Å². The summed E-state index contributed by atoms with van der Waals surface area (Å²) in [6.07, 6.45) is 4.86. The van der Waals surface area contributed by atoms with Crippen molar-refractivity contribution in [3.63, 3.8) is 0 Å². The van der Waals surface area contributed by atoms with Gasteiger partial charge < -0.3 is 15.4 Å². The number of azo groups is 1. The molecule has 3 N–H and O–H groups in total. The number of aromatic amines is 1. The Hall–Kier alpha value is -1.95. The number of benzene rings is 1. The zero-order valence-corrected chi connectivity index (χ0v) is 13.4. The van der Waals surface area contributed by atoms with Crippen LogP contribution in [-0.2, 0) is 0 Å². The molecule has 1 heterocycles. The quantitative estimate of drug-likeness (QED) is 0.567. The van der Waals surface area contributed by atoms with Crippen LogP contribution in [0.5, 0.6) is 5.88 Å². The monoisotopic (exact) mass is 316 g/mol. The first-order valence-corrected chi connectivity index (χ1v) is 8.08. The van der Waals surface area contributed by atoms with E-state index in [1.807, 2.05) is 24.3 Å². The number of hydrogen-bond donors (Lipinski definition) is 3. The van der Waals surface area contributed by atoms with Crippen LogP contribution in [0.4, 0.5) is 5.69 Å². The van der Waals surface area contributed by atoms with Crippen molar-refractivity contribution in [2.45, 2.75) is 38.6 Å². The second-order valence-electron chi connectivity index (χ2n) is 5.89. The van der Waals surface area contributed by atoms with Gasteiger partial charge >= 0.3 is 0 Å². The van der Waals surface area contributed by atoms with Crippen molar-refractivity contribution in [3.8, 4) is 5.88 Å². The summed E-state index contributed by atoms with van der Waals surface area (Å²) in [6.45, 7) is 2.24. The minimum atomic E-state index is 0.0128. The molecule has 0 unspecified atom stereocenters. The topological polar surface area (TPSA) is 72.8 Å². The third-order valence-corrected chi connectivity index (χ3v) is 4.52. The van der Waals surface area contributed by atoms with Gasteiger partial charge in [-0.3, -0.25) is 0 Å². The normalized spacial score (nSPS) is 22.2. The van der Waals surface area contributed by atoms with Gasteiger partial charge in [-0.2, -0.15) is 0 Å². The minimum Gasteiger partial charge on any atom is -0.493 e. The maximum Gasteiger partial charge on any atom is 0.218 e. The Balaban J connectivity index is 1.72. The van der Waals surface area contributed by atoms with Gasteiger partial charge in [0.1, 0.15) is 0 Å². The number of thiocarbonyl (C=S) groups is 1. The van der Waals surface area contributed by atoms with Crippen LogP contribution in [-0.4, -0.2) is 21.2 Å². The summed E-state index contributed by atoms with van der Waals surface area (Å²) in [4.78, 5) is 2.88. The lowest BCUT2D eigenvalue weighted by Crippen LogP contribution is -2.39. The van der Waals surface area contributed by atoms with E-state index in [1.165, 1.54) is 19.3 Å². The highest BCUT2D eigenvalue weighted by molar-refractivity contribution is 7.80. The van der Waals surface area contributed by atoms with Gasteiger partial charge in [0, 0.05) is 11.4 Å². The first-order valence-electron chi connectivity index (χ1n) is 7.67. The Morgan fingerprint density at radius 3 is 2.91 bits per heavy atom. The van der Waals surface area contributed by atoms with Gasteiger partial charge in [-0.15, -0.1) is 10.2 Å². The number of nitrogens with one attached hydrogen (secondary N) is 2. The molecule has 1 aromatic heterocycles. The number of nitrogens with zero attached hydrogens (tertiary/aromatic N) is 2. The van der Waals surface area contributed by atoms with Crippen molar-refractivity contribution in [2.24, 2.45) is 16.1 Å². The third-order valence-electron chi connectivity index (χ3n) is 4.32. The summed E-state index contributed by atoms with van der Waals surface area (Å²) < 4.78 is 0. The maximum absolute atomic E-state index is 9.94. The largest absolute Gasteiger partial charge is 0.493 e. The Kier molecular flexibility index (Phi) is 4.38. The average Bonchev–Trinajstić information content (AvgIpc) is 2.83. The third kappa shape index (κ3) is 3.11. The second-order valence-corrected chi connectivity index (χ2v) is 6.27. The van der Waals surface area contributed by atoms with Crippen molar-refractivity contribution in [2.75, 3.05) is 0 Å². The van der Waals surface area contributed by atoms with Crippen LogP contribution in [0.25, 0.3) is 10.9 Å². The molecule has 1 fully saturated rings. The van der Waals surface area contributed by atoms with Crippen molar-refractivity contribution in [3.05, 3.63) is 24.3 Å². The molecule has 1 aliphatic rings. The number of hydrogen-bond acceptors (Lipinski definition) is 3. The average molecular weight is 316 g/mol. The van der Waals surface area contributed by atoms with E-state index in [4.69, 9.17) is 12.2 Å². The molecule has 0 saturated heterocycles. The molecule has 0 spiro atoms. The van der Waals surface area contributed by atoms with Crippen molar-refractivity contribution >= 4 is 33.9 Å². The summed E-state index contributed by atoms with van der Waals surface area (Å²) in [7, 11) is 0. The molecule has 1 saturated carbocycles. The lowest BCUT2D eigenvalue weighted by Gasteiger charge is -2.29. The van der Waals surface area contributed by atoms with E-state index in [2.05, 4.69) is 27.5 Å². The summed E-state index contributed by atoms with van der Waals surface area (Å²) >= 11 is 5.26. The smallest absolute Gasteiger partial charge is 0.218 e. The molecule has 3 rings (SSSR count). The first kappa shape index (κ1) is 15.0. The number of aromatic hydroxyl groups is 1. The number of fused-ring (bicyclic) bond motifs is 1. The molecule has 2 aromatic rings. The fourth-order valence-corrected chi connectivity index (χ4v) is 3.22. The molecule has 6 heteroatoms. The van der Waals surface area contributed by atoms with Gasteiger partial charge in [-0.25, -0.2) is 0 Å². The highest BCUT2D eigenvalue weighted by Crippen LogP contribution is 2.35. The predicted octanol–water partition coefficient (Wildman–Crippen LogP) is 4.41. The molecule has 0 bridgehead atoms. The van der Waals surface area contributed by atoms with E-state index in [-0.39, 0.29) is 5.88 Å². The molecule has 1 aliphatic carbocycles. The van der Waals surface area contributed by atoms with Gasteiger partial charge in [0.2, 0.25) is 11.0 Å². The van der Waals surface area contributed by atoms with Crippen LogP contribution in [0.1, 0.15) is 32.6 Å². The van der Waals surface area contributed by atoms with E-state index in [9.17, 15) is 5.11 Å². The summed E-state index contributed by atoms with van der Waals surface area (Å²) in [6, 6.07) is 7.94. The Labute approximate surface area is 134 Å². The fraction of sp³-hybridized carbons (Fsp3) is 0.438. The lowest BCUT2D eigenvalue weighted by atomic mass is 9.86. The molecule has 0 amide bonds. The van der Waals surface area contributed by atoms with Gasteiger partial charge in [0.15, 0.2) is 5.69 Å². The number of para-hydroxylation sites is 1. The highest BCUT2D eigenvalue weighted by Gasteiger charge is 2.21. The number of H-pyrrole nitrogens is 1. The molecule has 0 aliphatic heterocycles. The number of aromatic nitrogens is 1. The van der Waals surface area contributed by atoms with Gasteiger partial charge in [0.05, 0.1) is 5.52 Å². The van der Waals surface area contributed by atoms with E-state index >= 15 is 0 Å². The standard InChI is InChI=1S/C16H20N4OS/c1-10-6-2-4-8-12(10)18-16(22)20-19-14-11-7-3-5-9-13(11)17-15(14)21/h3,5,7,9-10,12,17,21H,2,4,6,8H2,1H3,(H,18,22)/t10-,12+/m0/s1. The molecule has 2 atom stereocenters. The summed E-state index contributed by atoms with van der Waals surface area (Å²) in [5.41, 5.74) is 1.25.